The fourth-order valence-electron chi connectivity index (χ4n) is 2.38. The number of hydrogen-bond donors (Lipinski definition) is 2. The van der Waals surface area contributed by atoms with Crippen LogP contribution in [0.3, 0.4) is 0 Å². The van der Waals surface area contributed by atoms with Gasteiger partial charge in [-0.3, -0.25) is 0 Å². The Morgan fingerprint density at radius 3 is 2.81 bits per heavy atom. The molecule has 1 aliphatic rings. The summed E-state index contributed by atoms with van der Waals surface area (Å²) in [5.41, 5.74) is 0.863. The molecule has 0 aliphatic carbocycles. The lowest BCUT2D eigenvalue weighted by molar-refractivity contribution is 0.0596. The maximum absolute atomic E-state index is 12.5. The van der Waals surface area contributed by atoms with E-state index in [1.54, 1.807) is 13.0 Å². The molecule has 6 nitrogen and oxygen atoms in total. The molecule has 0 bridgehead atoms. The SMILES string of the molecule is COC(=O)c1cc(C)ccc1S(=O)(=O)NC1CCCNC1. The Labute approximate surface area is 124 Å². The smallest absolute Gasteiger partial charge is 0.339 e. The zero-order valence-corrected chi connectivity index (χ0v) is 13.0. The molecule has 2 N–H and O–H groups in total. The van der Waals surface area contributed by atoms with Crippen LogP contribution < -0.4 is 10.0 Å². The summed E-state index contributed by atoms with van der Waals surface area (Å²) in [6, 6.07) is 4.48. The summed E-state index contributed by atoms with van der Waals surface area (Å²) >= 11 is 0. The topological polar surface area (TPSA) is 84.5 Å². The van der Waals surface area contributed by atoms with Crippen molar-refractivity contribution in [3.8, 4) is 0 Å². The van der Waals surface area contributed by atoms with E-state index in [1.165, 1.54) is 19.2 Å². The number of sulfonamides is 1. The van der Waals surface area contributed by atoms with Crippen LogP contribution in [0.15, 0.2) is 23.1 Å². The van der Waals surface area contributed by atoms with E-state index in [0.717, 1.165) is 24.9 Å². The summed E-state index contributed by atoms with van der Waals surface area (Å²) < 4.78 is 32.3. The molecular weight excluding hydrogens is 292 g/mol. The molecule has 0 radical (unpaired) electrons. The van der Waals surface area contributed by atoms with Crippen LogP contribution in [-0.2, 0) is 14.8 Å². The van der Waals surface area contributed by atoms with E-state index in [4.69, 9.17) is 0 Å². The first-order valence-electron chi connectivity index (χ1n) is 6.86. The van der Waals surface area contributed by atoms with Gasteiger partial charge in [0, 0.05) is 12.6 Å². The number of aryl methyl sites for hydroxylation is 1. The van der Waals surface area contributed by atoms with Crippen molar-refractivity contribution in [3.63, 3.8) is 0 Å². The van der Waals surface area contributed by atoms with E-state index < -0.39 is 16.0 Å². The number of nitrogens with one attached hydrogen (secondary N) is 2. The highest BCUT2D eigenvalue weighted by Crippen LogP contribution is 2.19. The molecule has 2 rings (SSSR count). The van der Waals surface area contributed by atoms with Gasteiger partial charge in [0.2, 0.25) is 10.0 Å². The van der Waals surface area contributed by atoms with Crippen LogP contribution in [0.4, 0.5) is 0 Å². The van der Waals surface area contributed by atoms with Crippen molar-refractivity contribution < 1.29 is 17.9 Å². The molecule has 0 spiro atoms. The highest BCUT2D eigenvalue weighted by molar-refractivity contribution is 7.89. The second kappa shape index (κ2) is 6.55. The maximum atomic E-state index is 12.5. The fourth-order valence-corrected chi connectivity index (χ4v) is 3.83. The largest absolute Gasteiger partial charge is 0.465 e. The number of carbonyl (C=O) groups excluding carboxylic acids is 1. The van der Waals surface area contributed by atoms with Crippen molar-refractivity contribution in [2.45, 2.75) is 30.7 Å². The van der Waals surface area contributed by atoms with Gasteiger partial charge in [-0.1, -0.05) is 11.6 Å². The summed E-state index contributed by atoms with van der Waals surface area (Å²) in [5, 5.41) is 3.15. The van der Waals surface area contributed by atoms with Crippen LogP contribution in [0.1, 0.15) is 28.8 Å². The highest BCUT2D eigenvalue weighted by atomic mass is 32.2. The van der Waals surface area contributed by atoms with Crippen LogP contribution in [0.5, 0.6) is 0 Å². The minimum Gasteiger partial charge on any atom is -0.465 e. The summed E-state index contributed by atoms with van der Waals surface area (Å²) in [6.45, 7) is 3.29. The monoisotopic (exact) mass is 312 g/mol. The summed E-state index contributed by atoms with van der Waals surface area (Å²) in [5.74, 6) is -0.652. The summed E-state index contributed by atoms with van der Waals surface area (Å²) in [7, 11) is -2.52. The Balaban J connectivity index is 2.32. The minimum absolute atomic E-state index is 0.0366. The lowest BCUT2D eigenvalue weighted by atomic mass is 10.1. The summed E-state index contributed by atoms with van der Waals surface area (Å²) in [4.78, 5) is 11.8. The molecule has 1 atom stereocenters. The van der Waals surface area contributed by atoms with Gasteiger partial charge in [0.05, 0.1) is 17.6 Å². The van der Waals surface area contributed by atoms with Crippen LogP contribution >= 0.6 is 0 Å². The van der Waals surface area contributed by atoms with Gasteiger partial charge < -0.3 is 10.1 Å². The number of esters is 1. The van der Waals surface area contributed by atoms with Crippen molar-refractivity contribution in [2.24, 2.45) is 0 Å². The third-order valence-corrected chi connectivity index (χ3v) is 5.03. The Morgan fingerprint density at radius 1 is 1.43 bits per heavy atom. The number of hydrogen-bond acceptors (Lipinski definition) is 5. The normalized spacial score (nSPS) is 19.2. The van der Waals surface area contributed by atoms with E-state index >= 15 is 0 Å². The molecule has 116 valence electrons. The fraction of sp³-hybridized carbons (Fsp3) is 0.500. The zero-order valence-electron chi connectivity index (χ0n) is 12.2. The Bertz CT molecular complexity index is 622. The van der Waals surface area contributed by atoms with Crippen LogP contribution in [0, 0.1) is 6.92 Å². The minimum atomic E-state index is -3.75. The number of methoxy groups -OCH3 is 1. The predicted molar refractivity (Wildman–Crippen MR) is 78.7 cm³/mol. The molecule has 1 unspecified atom stereocenters. The van der Waals surface area contributed by atoms with Gasteiger partial charge >= 0.3 is 5.97 Å². The van der Waals surface area contributed by atoms with E-state index in [2.05, 4.69) is 14.8 Å². The molecule has 1 fully saturated rings. The Kier molecular flexibility index (Phi) is 4.97. The standard InChI is InChI=1S/C14H20N2O4S/c1-10-5-6-13(12(8-10)14(17)20-2)21(18,19)16-11-4-3-7-15-9-11/h5-6,8,11,15-16H,3-4,7,9H2,1-2H3. The van der Waals surface area contributed by atoms with Crippen LogP contribution in [-0.4, -0.2) is 40.6 Å². The van der Waals surface area contributed by atoms with E-state index in [1.807, 2.05) is 0 Å². The van der Waals surface area contributed by atoms with Gasteiger partial charge in [0.15, 0.2) is 0 Å². The van der Waals surface area contributed by atoms with Gasteiger partial charge in [-0.15, -0.1) is 0 Å². The zero-order chi connectivity index (χ0) is 15.5. The second-order valence-electron chi connectivity index (χ2n) is 5.16. The molecule has 21 heavy (non-hydrogen) atoms. The van der Waals surface area contributed by atoms with Crippen LogP contribution in [0.25, 0.3) is 0 Å². The van der Waals surface area contributed by atoms with Crippen molar-refractivity contribution in [1.82, 2.24) is 10.0 Å². The number of carbonyl (C=O) groups is 1. The molecule has 1 aromatic carbocycles. The average molecular weight is 312 g/mol. The van der Waals surface area contributed by atoms with E-state index in [0.29, 0.717) is 6.54 Å². The maximum Gasteiger partial charge on any atom is 0.339 e. The van der Waals surface area contributed by atoms with Crippen molar-refractivity contribution >= 4 is 16.0 Å². The average Bonchev–Trinajstić information content (AvgIpc) is 2.46. The molecule has 0 saturated carbocycles. The van der Waals surface area contributed by atoms with E-state index in [9.17, 15) is 13.2 Å². The van der Waals surface area contributed by atoms with Crippen molar-refractivity contribution in [1.29, 1.82) is 0 Å². The van der Waals surface area contributed by atoms with Gasteiger partial charge in [-0.25, -0.2) is 17.9 Å². The first-order valence-corrected chi connectivity index (χ1v) is 8.34. The number of ether oxygens (including phenoxy) is 1. The summed E-state index contributed by atoms with van der Waals surface area (Å²) in [6.07, 6.45) is 1.70. The van der Waals surface area contributed by atoms with Gasteiger partial charge in [0.25, 0.3) is 0 Å². The Morgan fingerprint density at radius 2 is 2.19 bits per heavy atom. The molecule has 0 amide bonds. The third-order valence-electron chi connectivity index (χ3n) is 3.45. The number of benzene rings is 1. The first-order chi connectivity index (χ1) is 9.94. The lowest BCUT2D eigenvalue weighted by Crippen LogP contribution is -2.45. The van der Waals surface area contributed by atoms with Crippen molar-refractivity contribution in [3.05, 3.63) is 29.3 Å². The highest BCUT2D eigenvalue weighted by Gasteiger charge is 2.26. The van der Waals surface area contributed by atoms with Crippen LogP contribution in [0.2, 0.25) is 0 Å². The third kappa shape index (κ3) is 3.81. The van der Waals surface area contributed by atoms with Gasteiger partial charge in [-0.2, -0.15) is 0 Å². The molecule has 1 saturated heterocycles. The molecule has 1 heterocycles. The van der Waals surface area contributed by atoms with Gasteiger partial charge in [0.1, 0.15) is 0 Å². The predicted octanol–water partition coefficient (Wildman–Crippen LogP) is 0.812. The molecular formula is C14H20N2O4S. The van der Waals surface area contributed by atoms with E-state index in [-0.39, 0.29) is 16.5 Å². The second-order valence-corrected chi connectivity index (χ2v) is 6.84. The first kappa shape index (κ1) is 15.9. The molecule has 1 aliphatic heterocycles. The van der Waals surface area contributed by atoms with Crippen molar-refractivity contribution in [2.75, 3.05) is 20.2 Å². The number of rotatable bonds is 4. The molecule has 7 heteroatoms. The Hall–Kier alpha value is -1.44. The quantitative estimate of drug-likeness (QED) is 0.804. The van der Waals surface area contributed by atoms with Gasteiger partial charge in [-0.05, 0) is 38.4 Å². The number of piperidine rings is 1. The lowest BCUT2D eigenvalue weighted by Gasteiger charge is -2.24. The molecule has 0 aromatic heterocycles. The molecule has 1 aromatic rings.